The Labute approximate surface area is 186 Å². The maximum Gasteiger partial charge on any atom is 0.439 e. The van der Waals surface area contributed by atoms with E-state index in [1.165, 1.54) is 4.31 Å². The second-order valence-corrected chi connectivity index (χ2v) is 10.9. The van der Waals surface area contributed by atoms with Gasteiger partial charge in [0.15, 0.2) is 0 Å². The lowest BCUT2D eigenvalue weighted by atomic mass is 9.78. The Hall–Kier alpha value is -1.66. The van der Waals surface area contributed by atoms with Crippen LogP contribution in [0.5, 0.6) is 0 Å². The predicted octanol–water partition coefficient (Wildman–Crippen LogP) is 2.01. The average molecular weight is 474 g/mol. The molecule has 3 fully saturated rings. The number of ether oxygens (including phenoxy) is 2. The molecule has 1 aromatic carbocycles. The molecule has 0 aromatic heterocycles. The van der Waals surface area contributed by atoms with Crippen LogP contribution in [0, 0.1) is 17.0 Å². The monoisotopic (exact) mass is 473 g/mol. The lowest BCUT2D eigenvalue weighted by molar-refractivity contribution is -0.0497. The molecule has 1 aromatic rings. The Morgan fingerprint density at radius 3 is 2.56 bits per heavy atom. The van der Waals surface area contributed by atoms with Gasteiger partial charge in [-0.3, -0.25) is 4.90 Å². The number of methoxy groups -OCH3 is 1. The van der Waals surface area contributed by atoms with E-state index in [0.29, 0.717) is 25.9 Å². The van der Waals surface area contributed by atoms with Crippen molar-refractivity contribution in [3.8, 4) is 0 Å². The zero-order valence-electron chi connectivity index (χ0n) is 18.0. The molecule has 0 radical (unpaired) electrons. The third-order valence-electron chi connectivity index (χ3n) is 7.15. The minimum atomic E-state index is -4.07. The summed E-state index contributed by atoms with van der Waals surface area (Å²) in [5.74, 6) is -1.06. The molecular weight excluding hydrogens is 444 g/mol. The number of rotatable bonds is 3. The van der Waals surface area contributed by atoms with Gasteiger partial charge in [-0.05, 0) is 55.8 Å². The molecule has 3 aliphatic heterocycles. The molecule has 0 bridgehead atoms. The number of sulfonamides is 1. The van der Waals surface area contributed by atoms with Crippen LogP contribution >= 0.6 is 0 Å². The highest BCUT2D eigenvalue weighted by molar-refractivity contribution is 8.03. The summed E-state index contributed by atoms with van der Waals surface area (Å²) in [5.41, 5.74) is 6.44. The van der Waals surface area contributed by atoms with Gasteiger partial charge in [0.1, 0.15) is 17.7 Å². The third-order valence-corrected chi connectivity index (χ3v) is 8.78. The SMILES string of the molecule is COC(=O)S(=O)(=O)N1CCC2(CCN([C@H]3CO[C@H](c4cc(F)ccc4F)[C@@H](N)C3)C2)CC1. The van der Waals surface area contributed by atoms with Gasteiger partial charge in [0.2, 0.25) is 0 Å². The molecule has 3 aliphatic rings. The number of nitrogens with two attached hydrogens (primary N) is 1. The molecule has 1 spiro atoms. The molecule has 8 nitrogen and oxygen atoms in total. The van der Waals surface area contributed by atoms with Gasteiger partial charge in [-0.1, -0.05) is 0 Å². The molecule has 32 heavy (non-hydrogen) atoms. The van der Waals surface area contributed by atoms with E-state index >= 15 is 0 Å². The molecule has 0 amide bonds. The average Bonchev–Trinajstić information content (AvgIpc) is 3.18. The molecule has 3 saturated heterocycles. The number of halogens is 2. The van der Waals surface area contributed by atoms with Crippen LogP contribution in [-0.2, 0) is 19.5 Å². The number of carbonyl (C=O) groups excluding carboxylic acids is 1. The summed E-state index contributed by atoms with van der Waals surface area (Å²) in [6, 6.07) is 2.90. The van der Waals surface area contributed by atoms with Crippen molar-refractivity contribution in [1.29, 1.82) is 0 Å². The molecule has 4 rings (SSSR count). The molecule has 3 heterocycles. The number of likely N-dealkylation sites (tertiary alicyclic amines) is 1. The molecule has 2 N–H and O–H groups in total. The van der Waals surface area contributed by atoms with E-state index in [-0.39, 0.29) is 30.1 Å². The lowest BCUT2D eigenvalue weighted by Gasteiger charge is -2.41. The van der Waals surface area contributed by atoms with Crippen molar-refractivity contribution in [3.63, 3.8) is 0 Å². The Morgan fingerprint density at radius 2 is 1.91 bits per heavy atom. The summed E-state index contributed by atoms with van der Waals surface area (Å²) in [4.78, 5) is 13.9. The van der Waals surface area contributed by atoms with E-state index in [2.05, 4.69) is 9.64 Å². The van der Waals surface area contributed by atoms with Gasteiger partial charge in [0, 0.05) is 37.3 Å². The van der Waals surface area contributed by atoms with E-state index in [0.717, 1.165) is 44.8 Å². The number of benzene rings is 1. The summed E-state index contributed by atoms with van der Waals surface area (Å²) in [7, 11) is -3.01. The van der Waals surface area contributed by atoms with Gasteiger partial charge in [-0.2, -0.15) is 12.7 Å². The number of piperidine rings is 1. The fraction of sp³-hybridized carbons (Fsp3) is 0.667. The van der Waals surface area contributed by atoms with Crippen LogP contribution in [-0.4, -0.2) is 74.9 Å². The summed E-state index contributed by atoms with van der Waals surface area (Å²) < 4.78 is 63.7. The standard InChI is InChI=1S/C21H29F2N3O5S/c1-30-20(27)32(28,29)26-8-5-21(6-9-26)4-7-25(13-21)15-11-18(24)19(31-12-15)16-10-14(22)2-3-17(16)23/h2-3,10,15,18-19H,4-9,11-13,24H2,1H3/t15-,18+,19-/m1/s1. The molecule has 178 valence electrons. The van der Waals surface area contributed by atoms with Gasteiger partial charge in [-0.25, -0.2) is 13.6 Å². The molecular formula is C21H29F2N3O5S. The zero-order valence-corrected chi connectivity index (χ0v) is 18.8. The number of carbonyl (C=O) groups is 1. The normalized spacial score (nSPS) is 29.3. The van der Waals surface area contributed by atoms with Crippen LogP contribution in [0.15, 0.2) is 18.2 Å². The van der Waals surface area contributed by atoms with E-state index in [9.17, 15) is 22.0 Å². The van der Waals surface area contributed by atoms with Crippen LogP contribution in [0.2, 0.25) is 0 Å². The number of nitrogens with zero attached hydrogens (tertiary/aromatic N) is 2. The lowest BCUT2D eigenvalue weighted by Crippen LogP contribution is -2.50. The second-order valence-electron chi connectivity index (χ2n) is 9.05. The molecule has 11 heteroatoms. The van der Waals surface area contributed by atoms with Crippen molar-refractivity contribution in [3.05, 3.63) is 35.4 Å². The quantitative estimate of drug-likeness (QED) is 0.670. The Kier molecular flexibility index (Phi) is 6.56. The first kappa shape index (κ1) is 23.5. The summed E-state index contributed by atoms with van der Waals surface area (Å²) in [5, 5.41) is -1.22. The summed E-state index contributed by atoms with van der Waals surface area (Å²) in [6.45, 7) is 2.56. The van der Waals surface area contributed by atoms with Crippen LogP contribution in [0.25, 0.3) is 0 Å². The highest BCUT2D eigenvalue weighted by Crippen LogP contribution is 2.43. The fourth-order valence-corrected chi connectivity index (χ4v) is 6.34. The smallest absolute Gasteiger partial charge is 0.439 e. The van der Waals surface area contributed by atoms with Crippen LogP contribution < -0.4 is 5.73 Å². The minimum Gasteiger partial charge on any atom is -0.456 e. The van der Waals surface area contributed by atoms with Gasteiger partial charge < -0.3 is 15.2 Å². The molecule has 0 aliphatic carbocycles. The van der Waals surface area contributed by atoms with E-state index in [1.54, 1.807) is 0 Å². The van der Waals surface area contributed by atoms with Gasteiger partial charge in [0.25, 0.3) is 0 Å². The Balaban J connectivity index is 1.35. The summed E-state index contributed by atoms with van der Waals surface area (Å²) >= 11 is 0. The maximum absolute atomic E-state index is 14.2. The van der Waals surface area contributed by atoms with Crippen molar-refractivity contribution < 1.29 is 31.5 Å². The first-order valence-electron chi connectivity index (χ1n) is 10.8. The minimum absolute atomic E-state index is 0.0161. The first-order chi connectivity index (χ1) is 15.1. The van der Waals surface area contributed by atoms with Crippen molar-refractivity contribution in [2.75, 3.05) is 39.9 Å². The Morgan fingerprint density at radius 1 is 1.22 bits per heavy atom. The second kappa shape index (κ2) is 8.94. The highest BCUT2D eigenvalue weighted by Gasteiger charge is 2.46. The van der Waals surface area contributed by atoms with Gasteiger partial charge in [-0.15, -0.1) is 0 Å². The van der Waals surface area contributed by atoms with Crippen molar-refractivity contribution in [2.24, 2.45) is 11.1 Å². The summed E-state index contributed by atoms with van der Waals surface area (Å²) in [6.07, 6.45) is 2.16. The largest absolute Gasteiger partial charge is 0.456 e. The third kappa shape index (κ3) is 4.41. The Bertz CT molecular complexity index is 968. The zero-order chi connectivity index (χ0) is 23.1. The van der Waals surface area contributed by atoms with E-state index < -0.39 is 39.1 Å². The maximum atomic E-state index is 14.2. The van der Waals surface area contributed by atoms with Crippen LogP contribution in [0.3, 0.4) is 0 Å². The number of hydrogen-bond acceptors (Lipinski definition) is 7. The number of hydrogen-bond donors (Lipinski definition) is 1. The van der Waals surface area contributed by atoms with Crippen molar-refractivity contribution >= 4 is 15.3 Å². The predicted molar refractivity (Wildman–Crippen MR) is 112 cm³/mol. The first-order valence-corrected chi connectivity index (χ1v) is 12.2. The van der Waals surface area contributed by atoms with Crippen molar-refractivity contribution in [1.82, 2.24) is 9.21 Å². The van der Waals surface area contributed by atoms with E-state index in [1.807, 2.05) is 0 Å². The fourth-order valence-electron chi connectivity index (χ4n) is 5.25. The molecule has 0 unspecified atom stereocenters. The van der Waals surface area contributed by atoms with Crippen LogP contribution in [0.4, 0.5) is 13.6 Å². The van der Waals surface area contributed by atoms with Gasteiger partial charge >= 0.3 is 15.3 Å². The van der Waals surface area contributed by atoms with Crippen LogP contribution in [0.1, 0.15) is 37.4 Å². The van der Waals surface area contributed by atoms with E-state index in [4.69, 9.17) is 10.5 Å². The van der Waals surface area contributed by atoms with Gasteiger partial charge in [0.05, 0.1) is 13.7 Å². The topological polar surface area (TPSA) is 102 Å². The van der Waals surface area contributed by atoms with Crippen molar-refractivity contribution in [2.45, 2.75) is 43.9 Å². The molecule has 0 saturated carbocycles. The highest BCUT2D eigenvalue weighted by atomic mass is 32.2. The molecule has 3 atom stereocenters.